The summed E-state index contributed by atoms with van der Waals surface area (Å²) < 4.78 is 0. The normalized spacial score (nSPS) is 24.2. The number of β-amino-alcohol motifs (C(OH)–C–C–N with tert-alkyl or cyclic N) is 1. The van der Waals surface area contributed by atoms with Crippen LogP contribution < -0.4 is 5.32 Å². The minimum atomic E-state index is -0.505. The summed E-state index contributed by atoms with van der Waals surface area (Å²) >= 11 is 0. The SMILES string of the molecule is CN(C)C(=O)NCC(=O)N1CC[C@]2(CCCN(CCO)C2=O)C1. The van der Waals surface area contributed by atoms with Crippen molar-refractivity contribution in [1.82, 2.24) is 20.0 Å². The van der Waals surface area contributed by atoms with Gasteiger partial charge in [-0.3, -0.25) is 9.59 Å². The second-order valence-electron chi connectivity index (χ2n) is 6.52. The summed E-state index contributed by atoms with van der Waals surface area (Å²) in [5.41, 5.74) is -0.505. The lowest BCUT2D eigenvalue weighted by Gasteiger charge is -2.39. The summed E-state index contributed by atoms with van der Waals surface area (Å²) in [6, 6.07) is -0.310. The van der Waals surface area contributed by atoms with Crippen molar-refractivity contribution >= 4 is 17.8 Å². The van der Waals surface area contributed by atoms with E-state index in [4.69, 9.17) is 5.11 Å². The molecule has 8 heteroatoms. The van der Waals surface area contributed by atoms with Gasteiger partial charge in [0.1, 0.15) is 0 Å². The molecular weight excluding hydrogens is 300 g/mol. The highest BCUT2D eigenvalue weighted by atomic mass is 16.3. The second kappa shape index (κ2) is 7.16. The third-order valence-electron chi connectivity index (χ3n) is 4.70. The number of carbonyl (C=O) groups excluding carboxylic acids is 3. The second-order valence-corrected chi connectivity index (χ2v) is 6.52. The van der Waals surface area contributed by atoms with Crippen LogP contribution in [0.2, 0.25) is 0 Å². The molecule has 1 atom stereocenters. The lowest BCUT2D eigenvalue weighted by Crippen LogP contribution is -2.51. The van der Waals surface area contributed by atoms with Gasteiger partial charge in [0.15, 0.2) is 0 Å². The number of hydrogen-bond donors (Lipinski definition) is 2. The number of amides is 4. The fraction of sp³-hybridized carbons (Fsp3) is 0.800. The summed E-state index contributed by atoms with van der Waals surface area (Å²) in [5.74, 6) is -0.116. The van der Waals surface area contributed by atoms with Crippen molar-refractivity contribution in [2.24, 2.45) is 5.41 Å². The molecule has 0 bridgehead atoms. The maximum atomic E-state index is 12.7. The van der Waals surface area contributed by atoms with Crippen LogP contribution in [-0.2, 0) is 9.59 Å². The summed E-state index contributed by atoms with van der Waals surface area (Å²) in [7, 11) is 3.22. The van der Waals surface area contributed by atoms with Crippen LogP contribution in [0.5, 0.6) is 0 Å². The van der Waals surface area contributed by atoms with E-state index in [-0.39, 0.29) is 31.0 Å². The molecule has 2 aliphatic heterocycles. The number of nitrogens with zero attached hydrogens (tertiary/aromatic N) is 3. The first-order valence-electron chi connectivity index (χ1n) is 8.03. The fourth-order valence-electron chi connectivity index (χ4n) is 3.37. The Balaban J connectivity index is 1.93. The molecule has 2 rings (SSSR count). The number of urea groups is 1. The van der Waals surface area contributed by atoms with E-state index in [1.165, 1.54) is 4.90 Å². The highest BCUT2D eigenvalue weighted by Gasteiger charge is 2.49. The van der Waals surface area contributed by atoms with E-state index in [0.717, 1.165) is 12.8 Å². The molecule has 130 valence electrons. The first-order chi connectivity index (χ1) is 10.9. The Morgan fingerprint density at radius 3 is 2.70 bits per heavy atom. The zero-order chi connectivity index (χ0) is 17.0. The van der Waals surface area contributed by atoms with Crippen molar-refractivity contribution in [3.8, 4) is 0 Å². The van der Waals surface area contributed by atoms with Gasteiger partial charge < -0.3 is 25.1 Å². The Morgan fingerprint density at radius 2 is 2.04 bits per heavy atom. The topological polar surface area (TPSA) is 93.2 Å². The predicted octanol–water partition coefficient (Wildman–Crippen LogP) is -0.909. The molecule has 2 fully saturated rings. The van der Waals surface area contributed by atoms with Crippen LogP contribution in [0.25, 0.3) is 0 Å². The molecule has 0 aromatic rings. The van der Waals surface area contributed by atoms with Gasteiger partial charge in [0.05, 0.1) is 18.6 Å². The fourth-order valence-corrected chi connectivity index (χ4v) is 3.37. The van der Waals surface area contributed by atoms with E-state index in [1.807, 2.05) is 0 Å². The maximum Gasteiger partial charge on any atom is 0.317 e. The monoisotopic (exact) mass is 326 g/mol. The lowest BCUT2D eigenvalue weighted by atomic mass is 9.78. The third kappa shape index (κ3) is 3.74. The van der Waals surface area contributed by atoms with Crippen molar-refractivity contribution in [2.75, 3.05) is 53.4 Å². The van der Waals surface area contributed by atoms with Crippen LogP contribution in [0, 0.1) is 5.41 Å². The van der Waals surface area contributed by atoms with Crippen molar-refractivity contribution < 1.29 is 19.5 Å². The van der Waals surface area contributed by atoms with E-state index in [1.54, 1.807) is 23.9 Å². The largest absolute Gasteiger partial charge is 0.395 e. The van der Waals surface area contributed by atoms with Crippen LogP contribution in [0.3, 0.4) is 0 Å². The average Bonchev–Trinajstić information content (AvgIpc) is 2.94. The van der Waals surface area contributed by atoms with Crippen molar-refractivity contribution in [3.05, 3.63) is 0 Å². The van der Waals surface area contributed by atoms with Gasteiger partial charge in [-0.25, -0.2) is 4.79 Å². The highest BCUT2D eigenvalue weighted by molar-refractivity contribution is 5.87. The van der Waals surface area contributed by atoms with Crippen LogP contribution in [0.15, 0.2) is 0 Å². The van der Waals surface area contributed by atoms with Crippen LogP contribution in [-0.4, -0.2) is 91.1 Å². The third-order valence-corrected chi connectivity index (χ3v) is 4.70. The number of aliphatic hydroxyl groups excluding tert-OH is 1. The first kappa shape index (κ1) is 17.5. The first-order valence-corrected chi connectivity index (χ1v) is 8.03. The highest BCUT2D eigenvalue weighted by Crippen LogP contribution is 2.39. The molecule has 23 heavy (non-hydrogen) atoms. The quantitative estimate of drug-likeness (QED) is 0.699. The molecule has 0 aliphatic carbocycles. The standard InChI is InChI=1S/C15H26N4O4/c1-17(2)14(23)16-10-12(21)19-7-5-15(11-19)4-3-6-18(8-9-20)13(15)22/h20H,3-11H2,1-2H3,(H,16,23)/t15-/m1/s1. The minimum Gasteiger partial charge on any atom is -0.395 e. The molecule has 2 saturated heterocycles. The number of carbonyl (C=O) groups is 3. The van der Waals surface area contributed by atoms with Crippen LogP contribution in [0.1, 0.15) is 19.3 Å². The lowest BCUT2D eigenvalue weighted by molar-refractivity contribution is -0.146. The minimum absolute atomic E-state index is 0.0406. The van der Waals surface area contributed by atoms with E-state index >= 15 is 0 Å². The molecule has 0 aromatic carbocycles. The zero-order valence-corrected chi connectivity index (χ0v) is 13.9. The number of rotatable bonds is 4. The van der Waals surface area contributed by atoms with Gasteiger partial charge in [0.25, 0.3) is 0 Å². The molecule has 2 aliphatic rings. The number of likely N-dealkylation sites (tertiary alicyclic amines) is 2. The molecule has 0 aromatic heterocycles. The Morgan fingerprint density at radius 1 is 1.30 bits per heavy atom. The Kier molecular flexibility index (Phi) is 5.46. The molecule has 1 spiro atoms. The Hall–Kier alpha value is -1.83. The smallest absolute Gasteiger partial charge is 0.317 e. The van der Waals surface area contributed by atoms with Gasteiger partial charge in [-0.05, 0) is 19.3 Å². The van der Waals surface area contributed by atoms with Gasteiger partial charge in [0, 0.05) is 40.3 Å². The molecule has 2 heterocycles. The van der Waals surface area contributed by atoms with Crippen molar-refractivity contribution in [1.29, 1.82) is 0 Å². The Labute approximate surface area is 136 Å². The number of hydrogen-bond acceptors (Lipinski definition) is 4. The molecule has 2 N–H and O–H groups in total. The number of nitrogens with one attached hydrogen (secondary N) is 1. The predicted molar refractivity (Wildman–Crippen MR) is 83.6 cm³/mol. The average molecular weight is 326 g/mol. The van der Waals surface area contributed by atoms with E-state index in [9.17, 15) is 14.4 Å². The van der Waals surface area contributed by atoms with Crippen LogP contribution in [0.4, 0.5) is 4.79 Å². The summed E-state index contributed by atoms with van der Waals surface area (Å²) in [4.78, 5) is 41.1. The zero-order valence-electron chi connectivity index (χ0n) is 13.9. The van der Waals surface area contributed by atoms with E-state index < -0.39 is 5.41 Å². The molecule has 0 radical (unpaired) electrons. The van der Waals surface area contributed by atoms with E-state index in [2.05, 4.69) is 5.32 Å². The molecule has 0 unspecified atom stereocenters. The molecule has 8 nitrogen and oxygen atoms in total. The maximum absolute atomic E-state index is 12.7. The number of piperidine rings is 1. The van der Waals surface area contributed by atoms with Gasteiger partial charge in [-0.15, -0.1) is 0 Å². The number of aliphatic hydroxyl groups is 1. The van der Waals surface area contributed by atoms with Gasteiger partial charge in [0.2, 0.25) is 11.8 Å². The van der Waals surface area contributed by atoms with Crippen LogP contribution >= 0.6 is 0 Å². The van der Waals surface area contributed by atoms with Gasteiger partial charge in [-0.2, -0.15) is 0 Å². The molecular formula is C15H26N4O4. The summed E-state index contributed by atoms with van der Waals surface area (Å²) in [6.07, 6.45) is 2.33. The molecule has 4 amide bonds. The van der Waals surface area contributed by atoms with Crippen molar-refractivity contribution in [2.45, 2.75) is 19.3 Å². The molecule has 0 saturated carbocycles. The van der Waals surface area contributed by atoms with Gasteiger partial charge in [-0.1, -0.05) is 0 Å². The Bertz CT molecular complexity index is 480. The summed E-state index contributed by atoms with van der Waals surface area (Å²) in [5, 5.41) is 11.6. The van der Waals surface area contributed by atoms with Crippen molar-refractivity contribution in [3.63, 3.8) is 0 Å². The summed E-state index contributed by atoms with van der Waals surface area (Å²) in [6.45, 7) is 1.88. The van der Waals surface area contributed by atoms with Gasteiger partial charge >= 0.3 is 6.03 Å². The van der Waals surface area contributed by atoms with E-state index in [0.29, 0.717) is 32.6 Å².